The minimum Gasteiger partial charge on any atom is -0.469 e. The Balaban J connectivity index is 2.39. The maximum absolute atomic E-state index is 13.0. The number of halogens is 1. The first-order valence-corrected chi connectivity index (χ1v) is 4.94. The second-order valence-corrected chi connectivity index (χ2v) is 3.58. The van der Waals surface area contributed by atoms with E-state index in [-0.39, 0.29) is 18.2 Å². The average Bonchev–Trinajstić information content (AvgIpc) is 2.28. The summed E-state index contributed by atoms with van der Waals surface area (Å²) < 4.78 is 17.6. The molecule has 2 nitrogen and oxygen atoms in total. The molecule has 0 bridgehead atoms. The highest BCUT2D eigenvalue weighted by atomic mass is 19.1. The molecule has 82 valence electrons. The van der Waals surface area contributed by atoms with Gasteiger partial charge in [-0.3, -0.25) is 4.79 Å². The van der Waals surface area contributed by atoms with Crippen LogP contribution in [0.1, 0.15) is 5.56 Å². The molecular weight excluding hydrogens is 207 g/mol. The Labute approximate surface area is 92.6 Å². The fourth-order valence-electron chi connectivity index (χ4n) is 1.62. The van der Waals surface area contributed by atoms with Gasteiger partial charge < -0.3 is 4.74 Å². The monoisotopic (exact) mass is 218 g/mol. The Morgan fingerprint density at radius 3 is 2.69 bits per heavy atom. The quantitative estimate of drug-likeness (QED) is 0.724. The van der Waals surface area contributed by atoms with Gasteiger partial charge in [0.2, 0.25) is 0 Å². The first-order chi connectivity index (χ1) is 7.69. The Kier molecular flexibility index (Phi) is 2.86. The number of ether oxygens (including phenoxy) is 1. The molecule has 0 saturated carbocycles. The molecule has 0 fully saturated rings. The lowest BCUT2D eigenvalue weighted by molar-refractivity contribution is -0.139. The minimum atomic E-state index is -0.296. The Hall–Kier alpha value is -1.90. The average molecular weight is 218 g/mol. The van der Waals surface area contributed by atoms with Crippen molar-refractivity contribution < 1.29 is 13.9 Å². The van der Waals surface area contributed by atoms with Gasteiger partial charge in [0, 0.05) is 0 Å². The van der Waals surface area contributed by atoms with E-state index in [1.165, 1.54) is 19.2 Å². The van der Waals surface area contributed by atoms with Gasteiger partial charge >= 0.3 is 5.97 Å². The van der Waals surface area contributed by atoms with Crippen molar-refractivity contribution in [2.45, 2.75) is 6.42 Å². The fraction of sp³-hybridized carbons (Fsp3) is 0.154. The van der Waals surface area contributed by atoms with Crippen molar-refractivity contribution in [1.82, 2.24) is 0 Å². The van der Waals surface area contributed by atoms with Crippen LogP contribution < -0.4 is 0 Å². The van der Waals surface area contributed by atoms with E-state index in [1.807, 2.05) is 12.1 Å². The van der Waals surface area contributed by atoms with E-state index in [2.05, 4.69) is 4.74 Å². The number of fused-ring (bicyclic) bond motifs is 1. The highest BCUT2D eigenvalue weighted by molar-refractivity contribution is 5.84. The normalized spacial score (nSPS) is 10.4. The molecule has 2 aromatic carbocycles. The summed E-state index contributed by atoms with van der Waals surface area (Å²) in [6.45, 7) is 0. The number of carbonyl (C=O) groups is 1. The summed E-state index contributed by atoms with van der Waals surface area (Å²) in [6, 6.07) is 10.1. The smallest absolute Gasteiger partial charge is 0.309 e. The van der Waals surface area contributed by atoms with Crippen LogP contribution in [0, 0.1) is 5.82 Å². The zero-order valence-corrected chi connectivity index (χ0v) is 8.87. The summed E-state index contributed by atoms with van der Waals surface area (Å²) >= 11 is 0. The van der Waals surface area contributed by atoms with Crippen molar-refractivity contribution >= 4 is 16.7 Å². The first-order valence-electron chi connectivity index (χ1n) is 4.94. The molecule has 0 spiro atoms. The van der Waals surface area contributed by atoms with E-state index in [0.717, 1.165) is 16.3 Å². The van der Waals surface area contributed by atoms with Crippen molar-refractivity contribution in [2.24, 2.45) is 0 Å². The summed E-state index contributed by atoms with van der Waals surface area (Å²) in [4.78, 5) is 11.1. The zero-order valence-electron chi connectivity index (χ0n) is 8.87. The van der Waals surface area contributed by atoms with Crippen LogP contribution in [-0.4, -0.2) is 13.1 Å². The van der Waals surface area contributed by atoms with Crippen LogP contribution in [-0.2, 0) is 16.0 Å². The number of hydrogen-bond donors (Lipinski definition) is 0. The van der Waals surface area contributed by atoms with E-state index < -0.39 is 0 Å². The number of rotatable bonds is 2. The molecule has 2 rings (SSSR count). The molecule has 0 aliphatic rings. The van der Waals surface area contributed by atoms with E-state index in [4.69, 9.17) is 0 Å². The number of hydrogen-bond acceptors (Lipinski definition) is 2. The molecule has 16 heavy (non-hydrogen) atoms. The number of carbonyl (C=O) groups excluding carboxylic acids is 1. The molecule has 0 N–H and O–H groups in total. The third kappa shape index (κ3) is 2.19. The lowest BCUT2D eigenvalue weighted by Crippen LogP contribution is -2.04. The Bertz CT molecular complexity index is 534. The van der Waals surface area contributed by atoms with Gasteiger partial charge in [-0.15, -0.1) is 0 Å². The van der Waals surface area contributed by atoms with Crippen molar-refractivity contribution in [3.8, 4) is 0 Å². The third-order valence-corrected chi connectivity index (χ3v) is 2.44. The van der Waals surface area contributed by atoms with Crippen molar-refractivity contribution in [3.05, 3.63) is 47.8 Å². The van der Waals surface area contributed by atoms with Gasteiger partial charge in [-0.2, -0.15) is 0 Å². The van der Waals surface area contributed by atoms with Gasteiger partial charge in [-0.05, 0) is 28.5 Å². The molecule has 0 saturated heterocycles. The van der Waals surface area contributed by atoms with Crippen LogP contribution in [0.5, 0.6) is 0 Å². The van der Waals surface area contributed by atoms with Gasteiger partial charge in [-0.1, -0.05) is 24.3 Å². The van der Waals surface area contributed by atoms with Crippen LogP contribution >= 0.6 is 0 Å². The van der Waals surface area contributed by atoms with Gasteiger partial charge in [0.15, 0.2) is 0 Å². The third-order valence-electron chi connectivity index (χ3n) is 2.44. The second-order valence-electron chi connectivity index (χ2n) is 3.58. The molecule has 3 heteroatoms. The van der Waals surface area contributed by atoms with Crippen LogP contribution in [0.25, 0.3) is 10.8 Å². The van der Waals surface area contributed by atoms with E-state index >= 15 is 0 Å². The van der Waals surface area contributed by atoms with Crippen LogP contribution in [0.15, 0.2) is 36.4 Å². The van der Waals surface area contributed by atoms with Crippen LogP contribution in [0.2, 0.25) is 0 Å². The fourth-order valence-corrected chi connectivity index (χ4v) is 1.62. The highest BCUT2D eigenvalue weighted by Gasteiger charge is 2.04. The van der Waals surface area contributed by atoms with Crippen molar-refractivity contribution in [3.63, 3.8) is 0 Å². The van der Waals surface area contributed by atoms with E-state index in [9.17, 15) is 9.18 Å². The summed E-state index contributed by atoms with van der Waals surface area (Å²) in [6.07, 6.45) is 0.211. The molecule has 0 unspecified atom stereocenters. The lowest BCUT2D eigenvalue weighted by Gasteiger charge is -2.03. The molecule has 0 heterocycles. The summed E-state index contributed by atoms with van der Waals surface area (Å²) in [7, 11) is 1.35. The molecule has 0 aliphatic heterocycles. The Morgan fingerprint density at radius 1 is 1.19 bits per heavy atom. The minimum absolute atomic E-state index is 0.211. The first kappa shape index (κ1) is 10.6. The van der Waals surface area contributed by atoms with Crippen molar-refractivity contribution in [1.29, 1.82) is 0 Å². The lowest BCUT2D eigenvalue weighted by atomic mass is 10.1. The van der Waals surface area contributed by atoms with Gasteiger partial charge in [0.1, 0.15) is 5.82 Å². The van der Waals surface area contributed by atoms with Crippen molar-refractivity contribution in [2.75, 3.05) is 7.11 Å². The number of esters is 1. The number of benzene rings is 2. The van der Waals surface area contributed by atoms with Crippen LogP contribution in [0.3, 0.4) is 0 Å². The molecule has 0 aromatic heterocycles. The predicted octanol–water partition coefficient (Wildman–Crippen LogP) is 2.69. The maximum atomic E-state index is 13.0. The molecular formula is C13H11FO2. The molecule has 2 aromatic rings. The zero-order chi connectivity index (χ0) is 11.5. The number of methoxy groups -OCH3 is 1. The molecule has 0 atom stereocenters. The van der Waals surface area contributed by atoms with Gasteiger partial charge in [0.05, 0.1) is 13.5 Å². The van der Waals surface area contributed by atoms with Crippen LogP contribution in [0.4, 0.5) is 4.39 Å². The summed E-state index contributed by atoms with van der Waals surface area (Å²) in [5.74, 6) is -0.571. The largest absolute Gasteiger partial charge is 0.469 e. The predicted molar refractivity (Wildman–Crippen MR) is 59.6 cm³/mol. The second kappa shape index (κ2) is 4.31. The maximum Gasteiger partial charge on any atom is 0.309 e. The SMILES string of the molecule is COC(=O)Cc1ccc2ccc(F)cc2c1. The summed E-state index contributed by atoms with van der Waals surface area (Å²) in [5, 5.41) is 1.75. The van der Waals surface area contributed by atoms with E-state index in [0.29, 0.717) is 0 Å². The standard InChI is InChI=1S/C13H11FO2/c1-16-13(15)7-9-2-3-10-4-5-12(14)8-11(10)6-9/h2-6,8H,7H2,1H3. The molecule has 0 radical (unpaired) electrons. The Morgan fingerprint density at radius 2 is 1.94 bits per heavy atom. The summed E-state index contributed by atoms with van der Waals surface area (Å²) in [5.41, 5.74) is 0.824. The highest BCUT2D eigenvalue weighted by Crippen LogP contribution is 2.17. The van der Waals surface area contributed by atoms with E-state index in [1.54, 1.807) is 12.1 Å². The molecule has 0 aliphatic carbocycles. The van der Waals surface area contributed by atoms with Gasteiger partial charge in [0.25, 0.3) is 0 Å². The topological polar surface area (TPSA) is 26.3 Å². The van der Waals surface area contributed by atoms with Gasteiger partial charge in [-0.25, -0.2) is 4.39 Å². The molecule has 0 amide bonds.